The molecule has 1 atom stereocenters. The second-order valence-corrected chi connectivity index (χ2v) is 6.22. The number of aromatic nitrogens is 2. The van der Waals surface area contributed by atoms with E-state index in [1.54, 1.807) is 24.0 Å². The third-order valence-electron chi connectivity index (χ3n) is 3.64. The second-order valence-electron chi connectivity index (χ2n) is 5.82. The van der Waals surface area contributed by atoms with Crippen molar-refractivity contribution in [1.82, 2.24) is 20.4 Å². The largest absolute Gasteiger partial charge is 0.383 e. The van der Waals surface area contributed by atoms with Crippen LogP contribution in [0.1, 0.15) is 25.0 Å². The Labute approximate surface area is 170 Å². The number of halogens is 2. The molecule has 0 bridgehead atoms. The Kier molecular flexibility index (Phi) is 8.67. The molecule has 2 aromatic rings. The molecule has 0 spiro atoms. The average Bonchev–Trinajstić information content (AvgIpc) is 2.99. The minimum absolute atomic E-state index is 0. The Morgan fingerprint density at radius 2 is 2.08 bits per heavy atom. The van der Waals surface area contributed by atoms with E-state index in [0.29, 0.717) is 24.1 Å². The topological polar surface area (TPSA) is 74.5 Å². The molecule has 6 nitrogen and oxygen atoms in total. The van der Waals surface area contributed by atoms with Gasteiger partial charge in [-0.3, -0.25) is 4.68 Å². The SMILES string of the molecule is CCNC(=NCc1ccccc1Cl)NCC(C)(O)c1cnn(C)c1.I. The summed E-state index contributed by atoms with van der Waals surface area (Å²) in [7, 11) is 1.82. The van der Waals surface area contributed by atoms with Crippen LogP contribution in [0.3, 0.4) is 0 Å². The summed E-state index contributed by atoms with van der Waals surface area (Å²) in [5, 5.41) is 21.8. The van der Waals surface area contributed by atoms with Gasteiger partial charge in [0.2, 0.25) is 0 Å². The first kappa shape index (κ1) is 21.7. The van der Waals surface area contributed by atoms with Crippen molar-refractivity contribution in [3.63, 3.8) is 0 Å². The van der Waals surface area contributed by atoms with Gasteiger partial charge in [0, 0.05) is 30.4 Å². The maximum Gasteiger partial charge on any atom is 0.191 e. The van der Waals surface area contributed by atoms with E-state index in [9.17, 15) is 5.11 Å². The summed E-state index contributed by atoms with van der Waals surface area (Å²) in [5.41, 5.74) is 0.657. The van der Waals surface area contributed by atoms with Gasteiger partial charge in [-0.05, 0) is 25.5 Å². The van der Waals surface area contributed by atoms with Gasteiger partial charge in [0.05, 0.1) is 19.3 Å². The molecule has 138 valence electrons. The number of hydrogen-bond acceptors (Lipinski definition) is 3. The van der Waals surface area contributed by atoms with Crippen LogP contribution in [-0.4, -0.2) is 33.9 Å². The summed E-state index contributed by atoms with van der Waals surface area (Å²) in [4.78, 5) is 4.52. The highest BCUT2D eigenvalue weighted by Crippen LogP contribution is 2.18. The summed E-state index contributed by atoms with van der Waals surface area (Å²) in [6.45, 7) is 5.24. The van der Waals surface area contributed by atoms with E-state index < -0.39 is 5.60 Å². The number of hydrogen-bond donors (Lipinski definition) is 3. The average molecular weight is 478 g/mol. The van der Waals surface area contributed by atoms with Gasteiger partial charge in [0.15, 0.2) is 5.96 Å². The lowest BCUT2D eigenvalue weighted by molar-refractivity contribution is 0.0616. The Morgan fingerprint density at radius 1 is 1.36 bits per heavy atom. The van der Waals surface area contributed by atoms with E-state index in [0.717, 1.165) is 17.7 Å². The first-order chi connectivity index (χ1) is 11.4. The predicted octanol–water partition coefficient (Wildman–Crippen LogP) is 2.65. The normalized spacial score (nSPS) is 13.7. The van der Waals surface area contributed by atoms with Gasteiger partial charge >= 0.3 is 0 Å². The molecule has 0 radical (unpaired) electrons. The molecule has 0 saturated carbocycles. The van der Waals surface area contributed by atoms with Gasteiger partial charge < -0.3 is 15.7 Å². The van der Waals surface area contributed by atoms with Gasteiger partial charge in [0.25, 0.3) is 0 Å². The first-order valence-electron chi connectivity index (χ1n) is 7.89. The van der Waals surface area contributed by atoms with E-state index in [2.05, 4.69) is 20.7 Å². The molecular formula is C17H25ClIN5O. The summed E-state index contributed by atoms with van der Waals surface area (Å²) < 4.78 is 1.67. The smallest absolute Gasteiger partial charge is 0.191 e. The molecule has 0 aliphatic rings. The standard InChI is InChI=1S/C17H24ClN5O.HI/c1-4-19-16(20-9-13-7-5-6-8-15(13)18)21-12-17(2,24)14-10-22-23(3)11-14;/h5-8,10-11,24H,4,9,12H2,1-3H3,(H2,19,20,21);1H. The fraction of sp³-hybridized carbons (Fsp3) is 0.412. The van der Waals surface area contributed by atoms with E-state index in [1.165, 1.54) is 0 Å². The highest BCUT2D eigenvalue weighted by atomic mass is 127. The summed E-state index contributed by atoms with van der Waals surface area (Å²) >= 11 is 6.16. The van der Waals surface area contributed by atoms with Crippen molar-refractivity contribution in [2.45, 2.75) is 26.0 Å². The molecule has 0 saturated heterocycles. The van der Waals surface area contributed by atoms with Crippen LogP contribution in [-0.2, 0) is 19.2 Å². The number of nitrogens with zero attached hydrogens (tertiary/aromatic N) is 3. The van der Waals surface area contributed by atoms with E-state index >= 15 is 0 Å². The Hall–Kier alpha value is -1.32. The zero-order chi connectivity index (χ0) is 17.6. The molecule has 8 heteroatoms. The lowest BCUT2D eigenvalue weighted by atomic mass is 10.00. The van der Waals surface area contributed by atoms with Crippen molar-refractivity contribution in [3.8, 4) is 0 Å². The molecule has 0 aliphatic heterocycles. The van der Waals surface area contributed by atoms with E-state index in [1.807, 2.05) is 38.2 Å². The van der Waals surface area contributed by atoms with Crippen LogP contribution in [0.15, 0.2) is 41.7 Å². The van der Waals surface area contributed by atoms with E-state index in [4.69, 9.17) is 11.6 Å². The van der Waals surface area contributed by atoms with Crippen molar-refractivity contribution in [2.24, 2.45) is 12.0 Å². The van der Waals surface area contributed by atoms with Crippen LogP contribution in [0.5, 0.6) is 0 Å². The molecular weight excluding hydrogens is 453 g/mol. The molecule has 1 aromatic carbocycles. The fourth-order valence-corrected chi connectivity index (χ4v) is 2.39. The van der Waals surface area contributed by atoms with Crippen molar-refractivity contribution in [2.75, 3.05) is 13.1 Å². The third kappa shape index (κ3) is 6.48. The number of aliphatic hydroxyl groups is 1. The predicted molar refractivity (Wildman–Crippen MR) is 112 cm³/mol. The third-order valence-corrected chi connectivity index (χ3v) is 4.01. The monoisotopic (exact) mass is 477 g/mol. The molecule has 1 unspecified atom stereocenters. The minimum Gasteiger partial charge on any atom is -0.383 e. The maximum absolute atomic E-state index is 10.6. The van der Waals surface area contributed by atoms with Crippen LogP contribution in [0.25, 0.3) is 0 Å². The van der Waals surface area contributed by atoms with E-state index in [-0.39, 0.29) is 24.0 Å². The number of nitrogens with one attached hydrogen (secondary N) is 2. The van der Waals surface area contributed by atoms with Crippen molar-refractivity contribution in [3.05, 3.63) is 52.8 Å². The van der Waals surface area contributed by atoms with Crippen LogP contribution in [0, 0.1) is 0 Å². The Balaban J connectivity index is 0.00000312. The van der Waals surface area contributed by atoms with Crippen LogP contribution in [0.2, 0.25) is 5.02 Å². The zero-order valence-corrected chi connectivity index (χ0v) is 17.7. The summed E-state index contributed by atoms with van der Waals surface area (Å²) in [5.74, 6) is 0.626. The number of rotatable bonds is 6. The van der Waals surface area contributed by atoms with Crippen molar-refractivity contribution < 1.29 is 5.11 Å². The molecule has 1 aromatic heterocycles. The quantitative estimate of drug-likeness (QED) is 0.340. The molecule has 0 aliphatic carbocycles. The van der Waals surface area contributed by atoms with Gasteiger partial charge in [-0.1, -0.05) is 29.8 Å². The van der Waals surface area contributed by atoms with Gasteiger partial charge in [0.1, 0.15) is 5.60 Å². The van der Waals surface area contributed by atoms with Gasteiger partial charge in [-0.2, -0.15) is 5.10 Å². The minimum atomic E-state index is -1.05. The first-order valence-corrected chi connectivity index (χ1v) is 8.27. The molecule has 0 fully saturated rings. The van der Waals surface area contributed by atoms with Crippen LogP contribution < -0.4 is 10.6 Å². The number of aryl methyl sites for hydroxylation is 1. The van der Waals surface area contributed by atoms with Crippen molar-refractivity contribution in [1.29, 1.82) is 0 Å². The lowest BCUT2D eigenvalue weighted by Gasteiger charge is -2.23. The van der Waals surface area contributed by atoms with Gasteiger partial charge in [-0.15, -0.1) is 24.0 Å². The summed E-state index contributed by atoms with van der Waals surface area (Å²) in [6.07, 6.45) is 3.46. The van der Waals surface area contributed by atoms with Crippen molar-refractivity contribution >= 4 is 41.5 Å². The molecule has 3 N–H and O–H groups in total. The van der Waals surface area contributed by atoms with Gasteiger partial charge in [-0.25, -0.2) is 4.99 Å². The number of aliphatic imine (C=N–C) groups is 1. The lowest BCUT2D eigenvalue weighted by Crippen LogP contribution is -2.44. The number of guanidine groups is 1. The Morgan fingerprint density at radius 3 is 2.68 bits per heavy atom. The van der Waals surface area contributed by atoms with Crippen LogP contribution >= 0.6 is 35.6 Å². The number of benzene rings is 1. The molecule has 0 amide bonds. The second kappa shape index (κ2) is 9.98. The molecule has 2 rings (SSSR count). The van der Waals surface area contributed by atoms with Crippen LogP contribution in [0.4, 0.5) is 0 Å². The molecule has 1 heterocycles. The summed E-state index contributed by atoms with van der Waals surface area (Å²) in [6, 6.07) is 7.62. The zero-order valence-electron chi connectivity index (χ0n) is 14.7. The maximum atomic E-state index is 10.6. The Bertz CT molecular complexity index is 702. The highest BCUT2D eigenvalue weighted by Gasteiger charge is 2.24. The fourth-order valence-electron chi connectivity index (χ4n) is 2.19. The molecule has 25 heavy (non-hydrogen) atoms. The highest BCUT2D eigenvalue weighted by molar-refractivity contribution is 14.0.